The third-order valence-corrected chi connectivity index (χ3v) is 26.9. The maximum Gasteiger partial charge on any atom is 0.389 e. The smallest absolute Gasteiger partial charge is 0.307 e. The molecule has 0 bridgehead atoms. The minimum Gasteiger partial charge on any atom is -0.307 e. The number of Topliss-reactive ketones (excluding diaryl/α,β-unsaturated/α-hetero) is 5. The number of hydrogen-bond acceptors (Lipinski definition) is 6. The van der Waals surface area contributed by atoms with Crippen LogP contribution in [0.15, 0.2) is 23.5 Å². The van der Waals surface area contributed by atoms with Crippen molar-refractivity contribution in [2.45, 2.75) is 219 Å². The number of halogens is 4. The molecule has 0 unspecified atom stereocenters. The highest BCUT2D eigenvalue weighted by Gasteiger charge is 2.75. The van der Waals surface area contributed by atoms with E-state index < -0.39 is 56.9 Å². The predicted molar refractivity (Wildman–Crippen MR) is 291 cm³/mol. The van der Waals surface area contributed by atoms with Crippen molar-refractivity contribution in [1.29, 1.82) is 0 Å². The van der Waals surface area contributed by atoms with Gasteiger partial charge in [0.2, 0.25) is 16.6 Å². The molecule has 0 spiro atoms. The normalized spacial score (nSPS) is 46.8. The first-order valence-corrected chi connectivity index (χ1v) is 29.7. The van der Waals surface area contributed by atoms with Gasteiger partial charge in [0, 0.05) is 52.8 Å². The molecule has 0 aromatic heterocycles. The lowest BCUT2D eigenvalue weighted by Gasteiger charge is -2.72. The van der Waals surface area contributed by atoms with Crippen molar-refractivity contribution in [3.05, 3.63) is 46.4 Å². The maximum absolute atomic E-state index is 14.5. The summed E-state index contributed by atoms with van der Waals surface area (Å²) in [5.74, 6) is -0.768. The van der Waals surface area contributed by atoms with E-state index in [1.807, 2.05) is 39.8 Å². The van der Waals surface area contributed by atoms with E-state index >= 15 is 0 Å². The van der Waals surface area contributed by atoms with Gasteiger partial charge in [-0.05, 0) is 180 Å². The van der Waals surface area contributed by atoms with Crippen molar-refractivity contribution in [2.75, 3.05) is 0 Å². The van der Waals surface area contributed by atoms with Gasteiger partial charge in [-0.25, -0.2) is 9.69 Å². The summed E-state index contributed by atoms with van der Waals surface area (Å²) in [4.78, 5) is 89.4. The first kappa shape index (κ1) is 58.2. The second-order valence-electron chi connectivity index (χ2n) is 31.4. The molecule has 422 valence electrons. The minimum absolute atomic E-state index is 0.0132. The number of nitrogens with zero attached hydrogens (tertiary/aromatic N) is 2. The summed E-state index contributed by atoms with van der Waals surface area (Å²) in [6, 6.07) is 0. The van der Waals surface area contributed by atoms with Gasteiger partial charge in [0.1, 0.15) is 17.3 Å². The van der Waals surface area contributed by atoms with Gasteiger partial charge in [-0.3, -0.25) is 19.2 Å². The molecule has 16 atom stereocenters. The molecular formula is C65H88ClF3N2O6. The summed E-state index contributed by atoms with van der Waals surface area (Å²) in [5.41, 5.74) is -4.35. The van der Waals surface area contributed by atoms with Crippen LogP contribution in [0.1, 0.15) is 213 Å². The van der Waals surface area contributed by atoms with Crippen LogP contribution in [0.5, 0.6) is 0 Å². The van der Waals surface area contributed by atoms with Crippen LogP contribution in [0, 0.1) is 125 Å². The lowest BCUT2D eigenvalue weighted by atomic mass is 9.31. The van der Waals surface area contributed by atoms with Gasteiger partial charge < -0.3 is 9.59 Å². The Bertz CT molecular complexity index is 2760. The molecule has 0 aromatic carbocycles. The number of alkyl halides is 3. The van der Waals surface area contributed by atoms with E-state index in [2.05, 4.69) is 78.9 Å². The first-order valence-electron chi connectivity index (χ1n) is 29.3. The highest BCUT2D eigenvalue weighted by molar-refractivity contribution is 6.64. The van der Waals surface area contributed by atoms with Gasteiger partial charge in [-0.15, -0.1) is 0 Å². The zero-order chi connectivity index (χ0) is 57.3. The summed E-state index contributed by atoms with van der Waals surface area (Å²) in [7, 11) is 0. The van der Waals surface area contributed by atoms with Crippen molar-refractivity contribution in [2.24, 2.45) is 112 Å². The Morgan fingerprint density at radius 2 is 0.909 bits per heavy atom. The molecule has 10 aliphatic rings. The van der Waals surface area contributed by atoms with E-state index in [1.165, 1.54) is 0 Å². The van der Waals surface area contributed by atoms with Crippen LogP contribution in [-0.2, 0) is 28.8 Å². The highest BCUT2D eigenvalue weighted by atomic mass is 35.5. The molecule has 8 nitrogen and oxygen atoms in total. The van der Waals surface area contributed by atoms with Crippen LogP contribution in [0.25, 0.3) is 9.69 Å². The molecule has 0 saturated heterocycles. The zero-order valence-electron chi connectivity index (χ0n) is 48.9. The highest BCUT2D eigenvalue weighted by Crippen LogP contribution is 2.78. The standard InChI is InChI=1S/C34H46F3NO3.C31H42ClNO3/c1-28(2)13-15-33(25(40)10-12-34(35,36)37)16-14-32(7)26(20(33)18-28)22(39)17-24-30(5)19-21(38-8)27(41)29(3,4)23(30)9-11-31(24,32)6;1-26(2)11-13-31(25(32)36)14-12-30(7)23(18(31)16-26)20(34)15-22-28(5)17-19(33-8)24(35)27(3,4)21(28)9-10-29(22,30)6/h19-20,23-24,26H,9-18H2,1-7H3;17-18,21-23H,9-16H2,1-7H3/t20-,23-,24+,26-,30-,31+,32+,33-;18-,21-,22+,23-,28-,29+,30+,31-/m00/s1. The number of allylic oxidation sites excluding steroid dienone is 4. The van der Waals surface area contributed by atoms with Gasteiger partial charge in [-0.1, -0.05) is 109 Å². The second-order valence-corrected chi connectivity index (χ2v) is 31.8. The maximum atomic E-state index is 14.5. The van der Waals surface area contributed by atoms with Gasteiger partial charge >= 0.3 is 6.18 Å². The number of hydrogen-bond donors (Lipinski definition) is 0. The number of carbonyl (C=O) groups excluding carboxylic acids is 6. The topological polar surface area (TPSA) is 111 Å². The summed E-state index contributed by atoms with van der Waals surface area (Å²) in [6.45, 7) is 45.8. The summed E-state index contributed by atoms with van der Waals surface area (Å²) < 4.78 is 39.6. The van der Waals surface area contributed by atoms with Crippen LogP contribution in [0.2, 0.25) is 0 Å². The molecule has 8 saturated carbocycles. The fourth-order valence-corrected chi connectivity index (χ4v) is 22.2. The fourth-order valence-electron chi connectivity index (χ4n) is 21.9. The molecule has 0 N–H and O–H groups in total. The molecule has 0 aliphatic heterocycles. The Morgan fingerprint density at radius 1 is 0.545 bits per heavy atom. The van der Waals surface area contributed by atoms with Gasteiger partial charge in [-0.2, -0.15) is 13.2 Å². The molecule has 77 heavy (non-hydrogen) atoms. The summed E-state index contributed by atoms with van der Waals surface area (Å²) >= 11 is 6.38. The van der Waals surface area contributed by atoms with Gasteiger partial charge in [0.15, 0.2) is 11.6 Å². The Balaban J connectivity index is 0.000000189. The second kappa shape index (κ2) is 17.8. The average Bonchev–Trinajstić information content (AvgIpc) is 3.31. The van der Waals surface area contributed by atoms with E-state index in [0.717, 1.165) is 64.2 Å². The SMILES string of the molecule is [C-]#[N+]C1=C[C@]2(C)[C@H]3CC(=O)[C@@H]4[C@@H]5CC(C)(C)CC[C@]5(C(=O)CCC(F)(F)F)CC[C@@]4(C)[C@]3(C)CC[C@H]2C(C)(C)C1=O.[C-]#[N+]C1=C[C@]2(C)[C@H]3CC(=O)[C@@H]4[C@@H]5CC(C)(C)CC[C@]5(C(=O)Cl)CC[C@@]4(C)[C@]3(C)CC[C@H]2C(C)(C)C1=O. The molecular weight excluding hydrogens is 997 g/mol. The minimum atomic E-state index is -4.39. The lowest BCUT2D eigenvalue weighted by molar-refractivity contribution is -0.222. The van der Waals surface area contributed by atoms with Crippen LogP contribution >= 0.6 is 11.6 Å². The van der Waals surface area contributed by atoms with Crippen molar-refractivity contribution >= 4 is 45.8 Å². The third kappa shape index (κ3) is 8.00. The van der Waals surface area contributed by atoms with Crippen molar-refractivity contribution < 1.29 is 41.9 Å². The summed E-state index contributed by atoms with van der Waals surface area (Å²) in [5, 5.41) is -0.238. The number of ketones is 5. The van der Waals surface area contributed by atoms with Gasteiger partial charge in [0.25, 0.3) is 0 Å². The van der Waals surface area contributed by atoms with E-state index in [1.54, 1.807) is 0 Å². The lowest BCUT2D eigenvalue weighted by Crippen LogP contribution is -2.69. The Kier molecular flexibility index (Phi) is 13.4. The van der Waals surface area contributed by atoms with E-state index in [-0.39, 0.29) is 120 Å². The quantitative estimate of drug-likeness (QED) is 0.205. The molecule has 0 radical (unpaired) electrons. The average molecular weight is 1090 g/mol. The van der Waals surface area contributed by atoms with Crippen LogP contribution < -0.4 is 0 Å². The summed E-state index contributed by atoms with van der Waals surface area (Å²) in [6.07, 6.45) is 9.49. The fraction of sp³-hybridized carbons (Fsp3) is 0.815. The van der Waals surface area contributed by atoms with Crippen LogP contribution in [0.4, 0.5) is 13.2 Å². The number of carbonyl (C=O) groups is 6. The Morgan fingerprint density at radius 3 is 1.29 bits per heavy atom. The Labute approximate surface area is 463 Å². The van der Waals surface area contributed by atoms with E-state index in [4.69, 9.17) is 24.7 Å². The van der Waals surface area contributed by atoms with Crippen molar-refractivity contribution in [3.8, 4) is 0 Å². The van der Waals surface area contributed by atoms with E-state index in [9.17, 15) is 41.9 Å². The van der Waals surface area contributed by atoms with Crippen LogP contribution in [-0.4, -0.2) is 40.3 Å². The molecule has 10 aliphatic carbocycles. The first-order chi connectivity index (χ1) is 35.2. The molecule has 12 heteroatoms. The molecule has 8 fully saturated rings. The largest absolute Gasteiger partial charge is 0.389 e. The zero-order valence-corrected chi connectivity index (χ0v) is 49.6. The van der Waals surface area contributed by atoms with Crippen molar-refractivity contribution in [1.82, 2.24) is 0 Å². The van der Waals surface area contributed by atoms with E-state index in [0.29, 0.717) is 38.5 Å². The van der Waals surface area contributed by atoms with Crippen LogP contribution in [0.3, 0.4) is 0 Å². The monoisotopic (exact) mass is 1080 g/mol. The number of fused-ring (bicyclic) bond motifs is 14. The third-order valence-electron chi connectivity index (χ3n) is 26.5. The molecule has 10 rings (SSSR count). The molecule has 0 aromatic rings. The predicted octanol–water partition coefficient (Wildman–Crippen LogP) is 16.0. The molecule has 0 heterocycles. The Hall–Kier alpha value is -3.44. The van der Waals surface area contributed by atoms with Gasteiger partial charge in [0.05, 0.1) is 19.6 Å². The molecule has 0 amide bonds. The number of rotatable bonds is 4. The van der Waals surface area contributed by atoms with Crippen molar-refractivity contribution in [3.63, 3.8) is 0 Å².